The van der Waals surface area contributed by atoms with Gasteiger partial charge in [-0.3, -0.25) is 0 Å². The molecule has 0 saturated carbocycles. The second-order valence-electron chi connectivity index (χ2n) is 5.05. The fourth-order valence-electron chi connectivity index (χ4n) is 1.87. The van der Waals surface area contributed by atoms with Crippen molar-refractivity contribution in [2.45, 2.75) is 19.9 Å². The normalized spacial score (nSPS) is 12.4. The Bertz CT molecular complexity index is 557. The summed E-state index contributed by atoms with van der Waals surface area (Å²) in [5, 5.41) is 12.6. The quantitative estimate of drug-likeness (QED) is 0.776. The predicted molar refractivity (Wildman–Crippen MR) is 81.2 cm³/mol. The van der Waals surface area contributed by atoms with Crippen molar-refractivity contribution < 1.29 is 5.11 Å². The molecule has 0 saturated heterocycles. The Balaban J connectivity index is 2.30. The summed E-state index contributed by atoms with van der Waals surface area (Å²) in [7, 11) is 0. The Morgan fingerprint density at radius 3 is 2.50 bits per heavy atom. The molecule has 1 atom stereocenters. The third kappa shape index (κ3) is 3.45. The maximum atomic E-state index is 9.38. The molecule has 4 N–H and O–H groups in total. The van der Waals surface area contributed by atoms with Crippen molar-refractivity contribution in [2.24, 2.45) is 5.92 Å². The van der Waals surface area contributed by atoms with Crippen LogP contribution in [0.15, 0.2) is 36.4 Å². The summed E-state index contributed by atoms with van der Waals surface area (Å²) in [5.41, 5.74) is 6.75. The number of nitrogen functional groups attached to an aromatic ring is 1. The first kappa shape index (κ1) is 14.3. The van der Waals surface area contributed by atoms with E-state index >= 15 is 0 Å². The average Bonchev–Trinajstić information content (AvgIpc) is 2.45. The highest BCUT2D eigenvalue weighted by Gasteiger charge is 2.13. The van der Waals surface area contributed by atoms with Crippen LogP contribution < -0.4 is 11.1 Å². The molecule has 106 valence electrons. The van der Waals surface area contributed by atoms with Crippen LogP contribution in [0.5, 0.6) is 0 Å². The van der Waals surface area contributed by atoms with E-state index in [9.17, 15) is 5.11 Å². The van der Waals surface area contributed by atoms with Crippen LogP contribution in [0, 0.1) is 5.92 Å². The Kier molecular flexibility index (Phi) is 4.53. The van der Waals surface area contributed by atoms with Crippen molar-refractivity contribution in [1.29, 1.82) is 0 Å². The van der Waals surface area contributed by atoms with Crippen molar-refractivity contribution in [2.75, 3.05) is 17.7 Å². The Morgan fingerprint density at radius 2 is 1.90 bits per heavy atom. The van der Waals surface area contributed by atoms with Gasteiger partial charge >= 0.3 is 0 Å². The van der Waals surface area contributed by atoms with Gasteiger partial charge in [0.15, 0.2) is 5.82 Å². The summed E-state index contributed by atoms with van der Waals surface area (Å²) in [5.74, 6) is 1.90. The maximum absolute atomic E-state index is 9.38. The Hall–Kier alpha value is -2.14. The fourth-order valence-corrected chi connectivity index (χ4v) is 1.87. The van der Waals surface area contributed by atoms with Crippen molar-refractivity contribution in [3.63, 3.8) is 0 Å². The molecule has 0 aliphatic carbocycles. The van der Waals surface area contributed by atoms with E-state index < -0.39 is 0 Å². The van der Waals surface area contributed by atoms with Crippen LogP contribution in [0.25, 0.3) is 11.4 Å². The summed E-state index contributed by atoms with van der Waals surface area (Å²) in [6, 6.07) is 11.3. The second-order valence-corrected chi connectivity index (χ2v) is 5.05. The van der Waals surface area contributed by atoms with Crippen molar-refractivity contribution in [3.05, 3.63) is 36.4 Å². The van der Waals surface area contributed by atoms with E-state index in [2.05, 4.69) is 15.3 Å². The van der Waals surface area contributed by atoms with Gasteiger partial charge in [0.25, 0.3) is 0 Å². The number of hydrogen-bond donors (Lipinski definition) is 3. The molecule has 0 aliphatic heterocycles. The Morgan fingerprint density at radius 1 is 1.20 bits per heavy atom. The number of hydrogen-bond acceptors (Lipinski definition) is 5. The van der Waals surface area contributed by atoms with Gasteiger partial charge in [0.05, 0.1) is 12.6 Å². The zero-order valence-electron chi connectivity index (χ0n) is 11.7. The van der Waals surface area contributed by atoms with Gasteiger partial charge in [-0.2, -0.15) is 0 Å². The minimum atomic E-state index is -0.0621. The zero-order chi connectivity index (χ0) is 14.5. The van der Waals surface area contributed by atoms with Gasteiger partial charge in [-0.05, 0) is 5.92 Å². The maximum Gasteiger partial charge on any atom is 0.163 e. The number of nitrogens with two attached hydrogens (primary N) is 1. The first-order chi connectivity index (χ1) is 9.60. The van der Waals surface area contributed by atoms with Gasteiger partial charge in [-0.1, -0.05) is 44.2 Å². The lowest BCUT2D eigenvalue weighted by atomic mass is 10.1. The third-order valence-corrected chi connectivity index (χ3v) is 3.11. The molecule has 2 aromatic rings. The highest BCUT2D eigenvalue weighted by Crippen LogP contribution is 2.19. The van der Waals surface area contributed by atoms with E-state index in [4.69, 9.17) is 5.73 Å². The van der Waals surface area contributed by atoms with E-state index in [1.807, 2.05) is 44.2 Å². The Labute approximate surface area is 118 Å². The molecule has 0 fully saturated rings. The number of rotatable bonds is 5. The molecule has 1 aromatic carbocycles. The summed E-state index contributed by atoms with van der Waals surface area (Å²) in [4.78, 5) is 8.71. The summed E-state index contributed by atoms with van der Waals surface area (Å²) >= 11 is 0. The van der Waals surface area contributed by atoms with E-state index in [1.54, 1.807) is 6.07 Å². The van der Waals surface area contributed by atoms with Crippen LogP contribution in [0.2, 0.25) is 0 Å². The smallest absolute Gasteiger partial charge is 0.163 e. The number of nitrogens with zero attached hydrogens (tertiary/aromatic N) is 2. The first-order valence-corrected chi connectivity index (χ1v) is 6.67. The minimum Gasteiger partial charge on any atom is -0.394 e. The monoisotopic (exact) mass is 272 g/mol. The van der Waals surface area contributed by atoms with Gasteiger partial charge in [0.2, 0.25) is 0 Å². The van der Waals surface area contributed by atoms with Crippen molar-refractivity contribution in [1.82, 2.24) is 9.97 Å². The largest absolute Gasteiger partial charge is 0.394 e. The fraction of sp³-hybridized carbons (Fsp3) is 0.333. The molecule has 5 nitrogen and oxygen atoms in total. The molecule has 2 rings (SSSR count). The molecule has 0 aliphatic rings. The van der Waals surface area contributed by atoms with Gasteiger partial charge < -0.3 is 16.2 Å². The van der Waals surface area contributed by atoms with Crippen LogP contribution >= 0.6 is 0 Å². The van der Waals surface area contributed by atoms with Crippen molar-refractivity contribution >= 4 is 11.6 Å². The highest BCUT2D eigenvalue weighted by atomic mass is 16.3. The number of aromatic nitrogens is 2. The van der Waals surface area contributed by atoms with E-state index in [1.165, 1.54) is 0 Å². The lowest BCUT2D eigenvalue weighted by Gasteiger charge is -2.20. The summed E-state index contributed by atoms with van der Waals surface area (Å²) in [6.45, 7) is 4.12. The van der Waals surface area contributed by atoms with Crippen LogP contribution in [0.3, 0.4) is 0 Å². The molecule has 0 radical (unpaired) electrons. The molecule has 0 amide bonds. The van der Waals surface area contributed by atoms with E-state index in [0.29, 0.717) is 17.5 Å². The van der Waals surface area contributed by atoms with Crippen LogP contribution in [-0.4, -0.2) is 27.7 Å². The number of aliphatic hydroxyl groups excluding tert-OH is 1. The standard InChI is InChI=1S/C15H20N4O/c1-10(2)12(9-20)17-14-8-13(16)18-15(19-14)11-6-4-3-5-7-11/h3-8,10,12,20H,9H2,1-2H3,(H3,16,17,18,19)/t12-/m1/s1. The molecule has 5 heteroatoms. The minimum absolute atomic E-state index is 0.0439. The zero-order valence-corrected chi connectivity index (χ0v) is 11.7. The SMILES string of the molecule is CC(C)[C@@H](CO)Nc1cc(N)nc(-c2ccccc2)n1. The molecule has 20 heavy (non-hydrogen) atoms. The number of benzene rings is 1. The van der Waals surface area contributed by atoms with E-state index in [-0.39, 0.29) is 18.6 Å². The topological polar surface area (TPSA) is 84.1 Å². The third-order valence-electron chi connectivity index (χ3n) is 3.11. The van der Waals surface area contributed by atoms with Crippen LogP contribution in [0.1, 0.15) is 13.8 Å². The lowest BCUT2D eigenvalue weighted by molar-refractivity contribution is 0.249. The molecule has 1 heterocycles. The average molecular weight is 272 g/mol. The van der Waals surface area contributed by atoms with Crippen LogP contribution in [-0.2, 0) is 0 Å². The summed E-state index contributed by atoms with van der Waals surface area (Å²) in [6.07, 6.45) is 0. The molecule has 0 unspecified atom stereocenters. The van der Waals surface area contributed by atoms with Gasteiger partial charge in [0, 0.05) is 11.6 Å². The predicted octanol–water partition coefficient (Wildman–Crippen LogP) is 2.15. The van der Waals surface area contributed by atoms with E-state index in [0.717, 1.165) is 5.56 Å². The molecular weight excluding hydrogens is 252 g/mol. The highest BCUT2D eigenvalue weighted by molar-refractivity contribution is 5.60. The number of anilines is 2. The van der Waals surface area contributed by atoms with Crippen LogP contribution in [0.4, 0.5) is 11.6 Å². The van der Waals surface area contributed by atoms with Crippen molar-refractivity contribution in [3.8, 4) is 11.4 Å². The second kappa shape index (κ2) is 6.34. The number of nitrogens with one attached hydrogen (secondary N) is 1. The molecule has 1 aromatic heterocycles. The van der Waals surface area contributed by atoms with Gasteiger partial charge in [0.1, 0.15) is 11.6 Å². The van der Waals surface area contributed by atoms with Gasteiger partial charge in [-0.25, -0.2) is 9.97 Å². The number of aliphatic hydroxyl groups is 1. The lowest BCUT2D eigenvalue weighted by Crippen LogP contribution is -2.30. The molecule has 0 spiro atoms. The van der Waals surface area contributed by atoms with Gasteiger partial charge in [-0.15, -0.1) is 0 Å². The molecule has 0 bridgehead atoms. The first-order valence-electron chi connectivity index (χ1n) is 6.67. The summed E-state index contributed by atoms with van der Waals surface area (Å²) < 4.78 is 0. The molecular formula is C15H20N4O.